The van der Waals surface area contributed by atoms with Crippen LogP contribution in [-0.4, -0.2) is 33.1 Å². The van der Waals surface area contributed by atoms with E-state index in [1.165, 1.54) is 34.5 Å². The van der Waals surface area contributed by atoms with Crippen LogP contribution in [0.15, 0.2) is 51.3 Å². The van der Waals surface area contributed by atoms with Gasteiger partial charge in [0.25, 0.3) is 17.4 Å². The van der Waals surface area contributed by atoms with E-state index >= 15 is 0 Å². The number of amides is 2. The fourth-order valence-corrected chi connectivity index (χ4v) is 2.70. The smallest absolute Gasteiger partial charge is 0.302 e. The van der Waals surface area contributed by atoms with Crippen LogP contribution in [0.4, 0.5) is 6.01 Å². The van der Waals surface area contributed by atoms with Gasteiger partial charge in [0.05, 0.1) is 4.88 Å². The number of rotatable bonds is 7. The molecule has 0 fully saturated rings. The van der Waals surface area contributed by atoms with E-state index in [0.29, 0.717) is 24.4 Å². The summed E-state index contributed by atoms with van der Waals surface area (Å²) in [4.78, 5) is 39.9. The van der Waals surface area contributed by atoms with E-state index in [1.807, 2.05) is 0 Å². The van der Waals surface area contributed by atoms with Gasteiger partial charge in [-0.05, 0) is 23.9 Å². The summed E-state index contributed by atoms with van der Waals surface area (Å²) in [7, 11) is 0. The molecule has 0 aliphatic carbocycles. The molecule has 26 heavy (non-hydrogen) atoms. The molecule has 0 unspecified atom stereocenters. The number of carbonyl (C=O) groups is 2. The largest absolute Gasteiger partial charge is 0.431 e. The third-order valence-electron chi connectivity index (χ3n) is 3.32. The van der Waals surface area contributed by atoms with Crippen LogP contribution in [0.5, 0.6) is 0 Å². The van der Waals surface area contributed by atoms with Gasteiger partial charge in [-0.25, -0.2) is 4.68 Å². The van der Waals surface area contributed by atoms with Crippen molar-refractivity contribution in [2.45, 2.75) is 13.0 Å². The van der Waals surface area contributed by atoms with Crippen molar-refractivity contribution in [3.63, 3.8) is 0 Å². The molecular formula is C16H15N5O4S. The van der Waals surface area contributed by atoms with Crippen molar-refractivity contribution < 1.29 is 14.0 Å². The lowest BCUT2D eigenvalue weighted by molar-refractivity contribution is 0.0946. The minimum absolute atomic E-state index is 0.0476. The molecule has 0 aliphatic heterocycles. The summed E-state index contributed by atoms with van der Waals surface area (Å²) in [6.07, 6.45) is 3.23. The maximum absolute atomic E-state index is 12.0. The SMILES string of the molecule is O=C(NCCCn1ncccc1=O)c1coc(NC(=O)c2cccs2)n1. The highest BCUT2D eigenvalue weighted by Gasteiger charge is 2.15. The average molecular weight is 373 g/mol. The van der Waals surface area contributed by atoms with Gasteiger partial charge < -0.3 is 9.73 Å². The Kier molecular flexibility index (Phi) is 5.54. The highest BCUT2D eigenvalue weighted by Crippen LogP contribution is 2.13. The van der Waals surface area contributed by atoms with Gasteiger partial charge in [0.2, 0.25) is 0 Å². The first-order valence-corrected chi connectivity index (χ1v) is 8.62. The molecule has 0 spiro atoms. The Bertz CT molecular complexity index is 947. The van der Waals surface area contributed by atoms with Gasteiger partial charge >= 0.3 is 6.01 Å². The molecule has 0 aliphatic rings. The van der Waals surface area contributed by atoms with E-state index in [9.17, 15) is 14.4 Å². The standard InChI is InChI=1S/C16H15N5O4S/c22-13-5-1-7-18-21(13)8-3-6-17-14(23)11-10-25-16(19-11)20-15(24)12-4-2-9-26-12/h1-2,4-5,7,9-10H,3,6,8H2,(H,17,23)(H,19,20,24). The lowest BCUT2D eigenvalue weighted by Gasteiger charge is -2.04. The maximum Gasteiger partial charge on any atom is 0.302 e. The Morgan fingerprint density at radius 2 is 2.12 bits per heavy atom. The van der Waals surface area contributed by atoms with Crippen molar-refractivity contribution in [1.82, 2.24) is 20.1 Å². The van der Waals surface area contributed by atoms with Crippen LogP contribution in [0, 0.1) is 0 Å². The molecule has 3 rings (SSSR count). The van der Waals surface area contributed by atoms with Crippen LogP contribution in [0.1, 0.15) is 26.6 Å². The molecule has 0 saturated heterocycles. The van der Waals surface area contributed by atoms with Crippen LogP contribution in [0.2, 0.25) is 0 Å². The number of aromatic nitrogens is 3. The normalized spacial score (nSPS) is 10.5. The molecule has 3 aromatic rings. The topological polar surface area (TPSA) is 119 Å². The molecule has 2 amide bonds. The molecule has 10 heteroatoms. The molecule has 0 bridgehead atoms. The fraction of sp³-hybridized carbons (Fsp3) is 0.188. The Morgan fingerprint density at radius 3 is 2.88 bits per heavy atom. The van der Waals surface area contributed by atoms with Crippen LogP contribution in [0.3, 0.4) is 0 Å². The number of thiophene rings is 1. The quantitative estimate of drug-likeness (QED) is 0.604. The minimum atomic E-state index is -0.432. The van der Waals surface area contributed by atoms with Crippen molar-refractivity contribution in [2.75, 3.05) is 11.9 Å². The van der Waals surface area contributed by atoms with Crippen molar-refractivity contribution >= 4 is 29.2 Å². The molecular weight excluding hydrogens is 358 g/mol. The Labute approximate surface area is 151 Å². The molecule has 0 saturated carbocycles. The zero-order valence-corrected chi connectivity index (χ0v) is 14.4. The summed E-state index contributed by atoms with van der Waals surface area (Å²) in [5.74, 6) is -0.784. The van der Waals surface area contributed by atoms with Gasteiger partial charge in [-0.2, -0.15) is 10.1 Å². The fourth-order valence-electron chi connectivity index (χ4n) is 2.08. The first-order valence-electron chi connectivity index (χ1n) is 7.74. The number of aryl methyl sites for hydroxylation is 1. The Balaban J connectivity index is 1.46. The summed E-state index contributed by atoms with van der Waals surface area (Å²) in [6, 6.07) is 6.37. The van der Waals surface area contributed by atoms with Gasteiger partial charge in [0, 0.05) is 25.4 Å². The van der Waals surface area contributed by atoms with Gasteiger partial charge in [0.1, 0.15) is 6.26 Å². The molecule has 0 atom stereocenters. The Morgan fingerprint density at radius 1 is 1.23 bits per heavy atom. The first kappa shape index (κ1) is 17.5. The van der Waals surface area contributed by atoms with Crippen LogP contribution in [0.25, 0.3) is 0 Å². The Hall–Kier alpha value is -3.27. The average Bonchev–Trinajstić information content (AvgIpc) is 3.32. The molecule has 3 heterocycles. The molecule has 134 valence electrons. The monoisotopic (exact) mass is 373 g/mol. The van der Waals surface area contributed by atoms with E-state index < -0.39 is 5.91 Å². The van der Waals surface area contributed by atoms with Crippen molar-refractivity contribution in [2.24, 2.45) is 0 Å². The molecule has 0 radical (unpaired) electrons. The number of anilines is 1. The zero-order valence-electron chi connectivity index (χ0n) is 13.5. The highest BCUT2D eigenvalue weighted by molar-refractivity contribution is 7.12. The van der Waals surface area contributed by atoms with Gasteiger partial charge in [-0.3, -0.25) is 19.7 Å². The van der Waals surface area contributed by atoms with Crippen LogP contribution < -0.4 is 16.2 Å². The lowest BCUT2D eigenvalue weighted by Crippen LogP contribution is -2.28. The van der Waals surface area contributed by atoms with Crippen molar-refractivity contribution in [3.8, 4) is 0 Å². The predicted molar refractivity (Wildman–Crippen MR) is 94.2 cm³/mol. The van der Waals surface area contributed by atoms with Gasteiger partial charge in [-0.15, -0.1) is 11.3 Å². The zero-order chi connectivity index (χ0) is 18.4. The van der Waals surface area contributed by atoms with E-state index in [2.05, 4.69) is 20.7 Å². The highest BCUT2D eigenvalue weighted by atomic mass is 32.1. The van der Waals surface area contributed by atoms with Crippen molar-refractivity contribution in [1.29, 1.82) is 0 Å². The van der Waals surface area contributed by atoms with E-state index in [-0.39, 0.29) is 23.2 Å². The van der Waals surface area contributed by atoms with Crippen LogP contribution in [-0.2, 0) is 6.54 Å². The lowest BCUT2D eigenvalue weighted by atomic mass is 10.4. The molecule has 3 aromatic heterocycles. The summed E-state index contributed by atoms with van der Waals surface area (Å²) >= 11 is 1.29. The number of hydrogen-bond acceptors (Lipinski definition) is 7. The van der Waals surface area contributed by atoms with Crippen LogP contribution >= 0.6 is 11.3 Å². The third kappa shape index (κ3) is 4.42. The second-order valence-corrected chi connectivity index (χ2v) is 6.11. The third-order valence-corrected chi connectivity index (χ3v) is 4.19. The minimum Gasteiger partial charge on any atom is -0.431 e. The number of nitrogens with one attached hydrogen (secondary N) is 2. The first-order chi connectivity index (χ1) is 12.6. The summed E-state index contributed by atoms with van der Waals surface area (Å²) < 4.78 is 6.41. The van der Waals surface area contributed by atoms with E-state index in [4.69, 9.17) is 4.42 Å². The summed E-state index contributed by atoms with van der Waals surface area (Å²) in [5.41, 5.74) is -0.136. The number of hydrogen-bond donors (Lipinski definition) is 2. The molecule has 9 nitrogen and oxygen atoms in total. The molecule has 0 aromatic carbocycles. The second-order valence-electron chi connectivity index (χ2n) is 5.16. The van der Waals surface area contributed by atoms with Crippen molar-refractivity contribution in [3.05, 3.63) is 63.0 Å². The summed E-state index contributed by atoms with van der Waals surface area (Å²) in [6.45, 7) is 0.729. The predicted octanol–water partition coefficient (Wildman–Crippen LogP) is 1.37. The number of oxazole rings is 1. The van der Waals surface area contributed by atoms with E-state index in [1.54, 1.807) is 23.6 Å². The van der Waals surface area contributed by atoms with E-state index in [0.717, 1.165) is 0 Å². The molecule has 2 N–H and O–H groups in total. The van der Waals surface area contributed by atoms with Gasteiger partial charge in [0.15, 0.2) is 5.69 Å². The number of nitrogens with zero attached hydrogens (tertiary/aromatic N) is 3. The number of carbonyl (C=O) groups excluding carboxylic acids is 2. The van der Waals surface area contributed by atoms with Gasteiger partial charge in [-0.1, -0.05) is 6.07 Å². The maximum atomic E-state index is 12.0. The summed E-state index contributed by atoms with van der Waals surface area (Å²) in [5, 5.41) is 10.9. The second kappa shape index (κ2) is 8.21.